The fourth-order valence-corrected chi connectivity index (χ4v) is 7.54. The predicted octanol–water partition coefficient (Wildman–Crippen LogP) is 9.33. The van der Waals surface area contributed by atoms with Crippen LogP contribution < -0.4 is 19.6 Å². The molecule has 0 saturated carbocycles. The number of hydrogen-bond acceptors (Lipinski definition) is 4. The molecular weight excluding hydrogens is 653 g/mol. The van der Waals surface area contributed by atoms with Gasteiger partial charge in [-0.3, -0.25) is 14.4 Å². The van der Waals surface area contributed by atoms with Crippen LogP contribution in [0.25, 0.3) is 0 Å². The second-order valence-electron chi connectivity index (χ2n) is 16.1. The quantitative estimate of drug-likeness (QED) is 0.257. The van der Waals surface area contributed by atoms with Crippen LogP contribution in [0.5, 0.6) is 0 Å². The number of carbonyl (C=O) groups is 3. The van der Waals surface area contributed by atoms with Crippen molar-refractivity contribution in [1.82, 2.24) is 0 Å². The van der Waals surface area contributed by atoms with Crippen molar-refractivity contribution in [2.75, 3.05) is 39.2 Å². The lowest BCUT2D eigenvalue weighted by Crippen LogP contribution is -2.34. The molecule has 3 heterocycles. The summed E-state index contributed by atoms with van der Waals surface area (Å²) in [4.78, 5) is 48.3. The summed E-state index contributed by atoms with van der Waals surface area (Å²) in [7, 11) is 0. The van der Waals surface area contributed by atoms with E-state index in [0.29, 0.717) is 48.1 Å². The molecule has 3 amide bonds. The maximum atomic E-state index is 14.9. The third-order valence-corrected chi connectivity index (χ3v) is 11.6. The van der Waals surface area contributed by atoms with Crippen LogP contribution in [-0.4, -0.2) is 37.4 Å². The summed E-state index contributed by atoms with van der Waals surface area (Å²) in [5.74, 6) is -1.22. The van der Waals surface area contributed by atoms with Gasteiger partial charge in [0.25, 0.3) is 0 Å². The molecule has 10 heteroatoms. The van der Waals surface area contributed by atoms with Gasteiger partial charge in [-0.25, -0.2) is 0 Å². The fraction of sp³-hybridized carbons (Fsp3) is 0.488. The molecule has 0 bridgehead atoms. The van der Waals surface area contributed by atoms with Gasteiger partial charge >= 0.3 is 6.18 Å². The Labute approximate surface area is 299 Å². The zero-order chi connectivity index (χ0) is 37.3. The molecule has 3 aromatic rings. The zero-order valence-electron chi connectivity index (χ0n) is 31.0. The monoisotopic (exact) mass is 702 g/mol. The summed E-state index contributed by atoms with van der Waals surface area (Å²) in [6.45, 7) is 19.0. The van der Waals surface area contributed by atoms with Gasteiger partial charge in [-0.2, -0.15) is 13.2 Å². The second-order valence-corrected chi connectivity index (χ2v) is 16.1. The van der Waals surface area contributed by atoms with E-state index >= 15 is 0 Å². The molecule has 0 aliphatic carbocycles. The summed E-state index contributed by atoms with van der Waals surface area (Å²) in [5, 5.41) is 0. The van der Waals surface area contributed by atoms with Crippen molar-refractivity contribution in [3.8, 4) is 0 Å². The number of benzene rings is 3. The van der Waals surface area contributed by atoms with E-state index < -0.39 is 11.7 Å². The van der Waals surface area contributed by atoms with E-state index in [2.05, 4.69) is 20.8 Å². The molecule has 0 spiro atoms. The van der Waals surface area contributed by atoms with Crippen molar-refractivity contribution < 1.29 is 27.6 Å². The lowest BCUT2D eigenvalue weighted by Gasteiger charge is -2.35. The smallest absolute Gasteiger partial charge is 0.310 e. The van der Waals surface area contributed by atoms with Crippen molar-refractivity contribution in [3.05, 3.63) is 71.8 Å². The van der Waals surface area contributed by atoms with Gasteiger partial charge in [-0.15, -0.1) is 0 Å². The Morgan fingerprint density at radius 3 is 1.43 bits per heavy atom. The van der Waals surface area contributed by atoms with Gasteiger partial charge in [0.2, 0.25) is 17.7 Å². The number of anilines is 6. The van der Waals surface area contributed by atoms with E-state index in [-0.39, 0.29) is 64.3 Å². The topological polar surface area (TPSA) is 64.2 Å². The molecular formula is C41H49F3N4O3. The van der Waals surface area contributed by atoms with Gasteiger partial charge < -0.3 is 19.6 Å². The molecule has 0 N–H and O–H groups in total. The maximum absolute atomic E-state index is 14.9. The largest absolute Gasteiger partial charge is 0.418 e. The van der Waals surface area contributed by atoms with E-state index in [0.717, 1.165) is 11.6 Å². The van der Waals surface area contributed by atoms with E-state index in [1.165, 1.54) is 12.1 Å². The molecule has 272 valence electrons. The molecule has 6 atom stereocenters. The Hall–Kier alpha value is -4.34. The third-order valence-electron chi connectivity index (χ3n) is 11.6. The number of hydrogen-bond donors (Lipinski definition) is 0. The Kier molecular flexibility index (Phi) is 9.30. The Morgan fingerprint density at radius 1 is 0.588 bits per heavy atom. The van der Waals surface area contributed by atoms with Crippen LogP contribution in [0.2, 0.25) is 0 Å². The molecule has 6 rings (SSSR count). The highest BCUT2D eigenvalue weighted by Gasteiger charge is 2.44. The minimum Gasteiger partial charge on any atom is -0.310 e. The van der Waals surface area contributed by atoms with Gasteiger partial charge in [0.1, 0.15) is 0 Å². The molecule has 6 unspecified atom stereocenters. The van der Waals surface area contributed by atoms with E-state index in [1.807, 2.05) is 53.7 Å². The molecule has 0 radical (unpaired) electrons. The molecule has 51 heavy (non-hydrogen) atoms. The Morgan fingerprint density at radius 2 is 1.02 bits per heavy atom. The van der Waals surface area contributed by atoms with Crippen molar-refractivity contribution >= 4 is 51.8 Å². The van der Waals surface area contributed by atoms with Gasteiger partial charge in [0, 0.05) is 43.1 Å². The highest BCUT2D eigenvalue weighted by Crippen LogP contribution is 2.52. The predicted molar refractivity (Wildman–Crippen MR) is 197 cm³/mol. The SMILES string of the molecule is CC1CN(c2cc(N3CC(C)C(C)C3=O)c(N(c3ccc(C(C)(C)C)cc3)c3ccccc3C(F)(F)F)cc2N2CC(C)C(C)C2=O)C(=O)C1C. The van der Waals surface area contributed by atoms with Crippen molar-refractivity contribution in [1.29, 1.82) is 0 Å². The van der Waals surface area contributed by atoms with E-state index in [4.69, 9.17) is 0 Å². The molecule has 3 fully saturated rings. The standard InChI is InChI=1S/C41H49F3N4O3/c1-23-20-45(37(49)26(23)4)33-18-35(47-22-25(3)28(6)39(47)51)36(19-34(33)46-21-24(2)27(5)38(46)50)48(30-16-14-29(15-17-30)40(7,8)9)32-13-11-10-12-31(32)41(42,43)44/h10-19,23-28H,20-22H2,1-9H3. The third kappa shape index (κ3) is 6.40. The van der Waals surface area contributed by atoms with Crippen LogP contribution in [0.15, 0.2) is 60.7 Å². The van der Waals surface area contributed by atoms with Crippen LogP contribution >= 0.6 is 0 Å². The number of carbonyl (C=O) groups excluding carboxylic acids is 3. The van der Waals surface area contributed by atoms with Crippen molar-refractivity contribution in [2.24, 2.45) is 35.5 Å². The minimum absolute atomic E-state index is 0.00876. The first-order valence-electron chi connectivity index (χ1n) is 18.0. The number of rotatable bonds is 6. The first-order valence-corrected chi connectivity index (χ1v) is 18.0. The highest BCUT2D eigenvalue weighted by atomic mass is 19.4. The summed E-state index contributed by atoms with van der Waals surface area (Å²) in [6.07, 6.45) is -4.69. The average Bonchev–Trinajstić information content (AvgIpc) is 3.60. The van der Waals surface area contributed by atoms with Crippen molar-refractivity contribution in [2.45, 2.75) is 73.9 Å². The van der Waals surface area contributed by atoms with E-state index in [1.54, 1.807) is 49.9 Å². The number of alkyl halides is 3. The molecule has 3 aliphatic rings. The lowest BCUT2D eigenvalue weighted by molar-refractivity contribution is -0.137. The van der Waals surface area contributed by atoms with Crippen molar-refractivity contribution in [3.63, 3.8) is 0 Å². The van der Waals surface area contributed by atoms with Crippen LogP contribution in [0.4, 0.5) is 47.3 Å². The number of halogens is 3. The zero-order valence-corrected chi connectivity index (χ0v) is 31.0. The molecule has 3 saturated heterocycles. The van der Waals surface area contributed by atoms with Gasteiger partial charge in [0.15, 0.2) is 0 Å². The fourth-order valence-electron chi connectivity index (χ4n) is 7.54. The molecule has 3 aromatic carbocycles. The molecule has 3 aliphatic heterocycles. The summed E-state index contributed by atoms with van der Waals surface area (Å²) in [6, 6.07) is 16.4. The normalized spacial score (nSPS) is 25.8. The van der Waals surface area contributed by atoms with Crippen LogP contribution in [0.1, 0.15) is 73.4 Å². The van der Waals surface area contributed by atoms with Crippen LogP contribution in [0.3, 0.4) is 0 Å². The number of amides is 3. The summed E-state index contributed by atoms with van der Waals surface area (Å²) < 4.78 is 44.7. The first kappa shape index (κ1) is 36.5. The number of para-hydroxylation sites is 1. The molecule has 0 aromatic heterocycles. The second kappa shape index (κ2) is 13.0. The van der Waals surface area contributed by atoms with Gasteiger partial charge in [-0.05, 0) is 65.1 Å². The van der Waals surface area contributed by atoms with Gasteiger partial charge in [0.05, 0.1) is 34.0 Å². The van der Waals surface area contributed by atoms with Gasteiger partial charge in [-0.1, -0.05) is 86.6 Å². The minimum atomic E-state index is -4.69. The summed E-state index contributed by atoms with van der Waals surface area (Å²) in [5.41, 5.74) is 1.93. The average molecular weight is 703 g/mol. The summed E-state index contributed by atoms with van der Waals surface area (Å²) >= 11 is 0. The Bertz CT molecular complexity index is 1850. The lowest BCUT2D eigenvalue weighted by atomic mass is 9.87. The number of nitrogens with zero attached hydrogens (tertiary/aromatic N) is 4. The molecule has 7 nitrogen and oxygen atoms in total. The van der Waals surface area contributed by atoms with Crippen LogP contribution in [0, 0.1) is 35.5 Å². The Balaban J connectivity index is 1.71. The maximum Gasteiger partial charge on any atom is 0.418 e. The van der Waals surface area contributed by atoms with Crippen LogP contribution in [-0.2, 0) is 26.0 Å². The first-order chi connectivity index (χ1) is 23.8. The van der Waals surface area contributed by atoms with E-state index in [9.17, 15) is 27.6 Å². The highest BCUT2D eigenvalue weighted by molar-refractivity contribution is 6.10.